The Morgan fingerprint density at radius 1 is 1.04 bits per heavy atom. The third-order valence-electron chi connectivity index (χ3n) is 5.48. The number of anilines is 1. The van der Waals surface area contributed by atoms with Crippen LogP contribution in [0.3, 0.4) is 0 Å². The fourth-order valence-corrected chi connectivity index (χ4v) is 3.83. The molecule has 0 unspecified atom stereocenters. The van der Waals surface area contributed by atoms with Crippen LogP contribution in [0.2, 0.25) is 0 Å². The number of halogens is 1. The number of rotatable bonds is 4. The molecule has 0 radical (unpaired) electrons. The molecule has 28 heavy (non-hydrogen) atoms. The highest BCUT2D eigenvalue weighted by Crippen LogP contribution is 2.17. The van der Waals surface area contributed by atoms with E-state index in [-0.39, 0.29) is 5.82 Å². The van der Waals surface area contributed by atoms with Gasteiger partial charge in [-0.2, -0.15) is 9.36 Å². The SMILES string of the molecule is Cc1cccc(-n2nnn(C[NH+]3CCN(c4ccc(F)cc4)CC3)c2=S)c1C. The summed E-state index contributed by atoms with van der Waals surface area (Å²) < 4.78 is 17.3. The molecule has 2 heterocycles. The molecular formula is C20H24FN6S+. The van der Waals surface area contributed by atoms with Gasteiger partial charge in [-0.1, -0.05) is 12.1 Å². The van der Waals surface area contributed by atoms with Gasteiger partial charge in [-0.15, -0.1) is 0 Å². The van der Waals surface area contributed by atoms with Crippen LogP contribution in [0.4, 0.5) is 10.1 Å². The number of quaternary nitrogens is 1. The van der Waals surface area contributed by atoms with Crippen LogP contribution in [0, 0.1) is 24.4 Å². The topological polar surface area (TPSA) is 43.3 Å². The number of aryl methyl sites for hydroxylation is 1. The maximum atomic E-state index is 13.1. The van der Waals surface area contributed by atoms with Gasteiger partial charge in [0.2, 0.25) is 4.77 Å². The molecule has 0 bridgehead atoms. The predicted molar refractivity (Wildman–Crippen MR) is 109 cm³/mol. The summed E-state index contributed by atoms with van der Waals surface area (Å²) in [5, 5.41) is 8.58. The van der Waals surface area contributed by atoms with E-state index in [1.807, 2.05) is 24.3 Å². The highest BCUT2D eigenvalue weighted by molar-refractivity contribution is 7.71. The Labute approximate surface area is 168 Å². The van der Waals surface area contributed by atoms with Crippen molar-refractivity contribution in [2.24, 2.45) is 0 Å². The fraction of sp³-hybridized carbons (Fsp3) is 0.350. The van der Waals surface area contributed by atoms with Gasteiger partial charge < -0.3 is 9.80 Å². The number of benzene rings is 2. The Balaban J connectivity index is 1.43. The van der Waals surface area contributed by atoms with E-state index in [0.717, 1.165) is 43.1 Å². The molecule has 2 aromatic carbocycles. The maximum Gasteiger partial charge on any atom is 0.225 e. The molecule has 1 aliphatic heterocycles. The van der Waals surface area contributed by atoms with E-state index in [1.54, 1.807) is 9.36 Å². The second-order valence-corrected chi connectivity index (χ2v) is 7.63. The Morgan fingerprint density at radius 2 is 1.75 bits per heavy atom. The quantitative estimate of drug-likeness (QED) is 0.681. The summed E-state index contributed by atoms with van der Waals surface area (Å²) in [6.07, 6.45) is 0. The van der Waals surface area contributed by atoms with Crippen LogP contribution in [-0.2, 0) is 6.67 Å². The van der Waals surface area contributed by atoms with E-state index < -0.39 is 0 Å². The molecule has 1 fully saturated rings. The van der Waals surface area contributed by atoms with Crippen LogP contribution in [0.5, 0.6) is 0 Å². The molecule has 0 aliphatic carbocycles. The van der Waals surface area contributed by atoms with Crippen LogP contribution >= 0.6 is 12.2 Å². The summed E-state index contributed by atoms with van der Waals surface area (Å²) >= 11 is 5.63. The zero-order valence-corrected chi connectivity index (χ0v) is 16.9. The zero-order chi connectivity index (χ0) is 19.7. The van der Waals surface area contributed by atoms with Crippen molar-refractivity contribution in [3.8, 4) is 5.69 Å². The first kappa shape index (κ1) is 18.8. The van der Waals surface area contributed by atoms with Crippen molar-refractivity contribution in [2.75, 3.05) is 31.1 Å². The van der Waals surface area contributed by atoms with Crippen LogP contribution in [-0.4, -0.2) is 46.0 Å². The zero-order valence-electron chi connectivity index (χ0n) is 16.1. The summed E-state index contributed by atoms with van der Waals surface area (Å²) in [6.45, 7) is 8.62. The van der Waals surface area contributed by atoms with Crippen LogP contribution in [0.25, 0.3) is 5.69 Å². The minimum atomic E-state index is -0.200. The lowest BCUT2D eigenvalue weighted by Crippen LogP contribution is -3.14. The number of nitrogens with one attached hydrogen (secondary N) is 1. The van der Waals surface area contributed by atoms with Crippen molar-refractivity contribution < 1.29 is 9.29 Å². The highest BCUT2D eigenvalue weighted by atomic mass is 32.1. The lowest BCUT2D eigenvalue weighted by atomic mass is 10.1. The van der Waals surface area contributed by atoms with Gasteiger partial charge in [0.1, 0.15) is 5.82 Å². The Morgan fingerprint density at radius 3 is 2.46 bits per heavy atom. The third kappa shape index (κ3) is 3.70. The average molecular weight is 400 g/mol. The molecule has 6 nitrogen and oxygen atoms in total. The van der Waals surface area contributed by atoms with Gasteiger partial charge in [0.05, 0.1) is 31.9 Å². The summed E-state index contributed by atoms with van der Waals surface area (Å²) in [7, 11) is 0. The van der Waals surface area contributed by atoms with E-state index in [2.05, 4.69) is 35.2 Å². The van der Waals surface area contributed by atoms with Gasteiger partial charge in [-0.3, -0.25) is 0 Å². The average Bonchev–Trinajstić information content (AvgIpc) is 3.06. The number of aromatic nitrogens is 4. The lowest BCUT2D eigenvalue weighted by Gasteiger charge is -2.33. The van der Waals surface area contributed by atoms with Gasteiger partial charge in [0.15, 0.2) is 6.67 Å². The van der Waals surface area contributed by atoms with Crippen molar-refractivity contribution in [1.29, 1.82) is 0 Å². The molecule has 3 aromatic rings. The van der Waals surface area contributed by atoms with Gasteiger partial charge in [-0.05, 0) is 78.0 Å². The Bertz CT molecular complexity index is 1020. The standard InChI is InChI=1S/C20H23FN6S/c1-15-4-3-5-19(16(15)2)27-20(28)26(22-23-27)14-24-10-12-25(13-11-24)18-8-6-17(21)7-9-18/h3-9H,10-14H2,1-2H3/p+1. The van der Waals surface area contributed by atoms with Crippen LogP contribution in [0.1, 0.15) is 11.1 Å². The molecule has 0 atom stereocenters. The molecule has 4 rings (SSSR count). The molecule has 1 saturated heterocycles. The molecule has 1 aromatic heterocycles. The Hall–Kier alpha value is -2.58. The van der Waals surface area contributed by atoms with Crippen molar-refractivity contribution in [1.82, 2.24) is 19.8 Å². The van der Waals surface area contributed by atoms with E-state index in [0.29, 0.717) is 11.4 Å². The normalized spacial score (nSPS) is 15.2. The molecule has 0 amide bonds. The molecule has 0 saturated carbocycles. The first-order valence-corrected chi connectivity index (χ1v) is 9.87. The maximum absolute atomic E-state index is 13.1. The first-order valence-electron chi connectivity index (χ1n) is 9.46. The van der Waals surface area contributed by atoms with Crippen molar-refractivity contribution in [2.45, 2.75) is 20.5 Å². The van der Waals surface area contributed by atoms with E-state index in [1.165, 1.54) is 22.6 Å². The van der Waals surface area contributed by atoms with E-state index >= 15 is 0 Å². The van der Waals surface area contributed by atoms with E-state index in [9.17, 15) is 4.39 Å². The number of hydrogen-bond acceptors (Lipinski definition) is 4. The van der Waals surface area contributed by atoms with Gasteiger partial charge in [-0.25, -0.2) is 4.39 Å². The predicted octanol–water partition coefficient (Wildman–Crippen LogP) is 1.92. The monoisotopic (exact) mass is 399 g/mol. The second-order valence-electron chi connectivity index (χ2n) is 7.26. The molecule has 146 valence electrons. The minimum Gasteiger partial charge on any atom is -0.360 e. The largest absolute Gasteiger partial charge is 0.360 e. The molecule has 1 aliphatic rings. The first-order chi connectivity index (χ1) is 13.5. The number of piperazine rings is 1. The molecular weight excluding hydrogens is 375 g/mol. The van der Waals surface area contributed by atoms with E-state index in [4.69, 9.17) is 12.2 Å². The summed E-state index contributed by atoms with van der Waals surface area (Å²) in [5.74, 6) is -0.200. The number of nitrogens with zero attached hydrogens (tertiary/aromatic N) is 5. The van der Waals surface area contributed by atoms with Crippen molar-refractivity contribution >= 4 is 17.9 Å². The fourth-order valence-electron chi connectivity index (χ4n) is 3.59. The van der Waals surface area contributed by atoms with Crippen molar-refractivity contribution in [3.63, 3.8) is 0 Å². The van der Waals surface area contributed by atoms with Gasteiger partial charge in [0, 0.05) is 5.69 Å². The second kappa shape index (κ2) is 7.81. The molecule has 0 spiro atoms. The molecule has 8 heteroatoms. The van der Waals surface area contributed by atoms with Crippen LogP contribution in [0.15, 0.2) is 42.5 Å². The number of hydrogen-bond donors (Lipinski definition) is 1. The molecule has 1 N–H and O–H groups in total. The van der Waals surface area contributed by atoms with Gasteiger partial charge >= 0.3 is 0 Å². The highest BCUT2D eigenvalue weighted by Gasteiger charge is 2.22. The lowest BCUT2D eigenvalue weighted by molar-refractivity contribution is -0.924. The summed E-state index contributed by atoms with van der Waals surface area (Å²) in [5.41, 5.74) is 4.41. The Kier molecular flexibility index (Phi) is 5.23. The van der Waals surface area contributed by atoms with Gasteiger partial charge in [0.25, 0.3) is 0 Å². The number of tetrazole rings is 1. The van der Waals surface area contributed by atoms with Crippen LogP contribution < -0.4 is 9.80 Å². The van der Waals surface area contributed by atoms with Crippen molar-refractivity contribution in [3.05, 3.63) is 64.2 Å². The smallest absolute Gasteiger partial charge is 0.225 e. The summed E-state index contributed by atoms with van der Waals surface area (Å²) in [4.78, 5) is 3.69. The minimum absolute atomic E-state index is 0.200. The third-order valence-corrected chi connectivity index (χ3v) is 5.86. The summed E-state index contributed by atoms with van der Waals surface area (Å²) in [6, 6.07) is 12.8.